The summed E-state index contributed by atoms with van der Waals surface area (Å²) in [6, 6.07) is 14.3. The van der Waals surface area contributed by atoms with Gasteiger partial charge in [-0.15, -0.1) is 11.3 Å². The average Bonchev–Trinajstić information content (AvgIpc) is 3.47. The zero-order chi connectivity index (χ0) is 23.5. The van der Waals surface area contributed by atoms with Crippen LogP contribution in [0.1, 0.15) is 22.9 Å². The van der Waals surface area contributed by atoms with E-state index in [1.54, 1.807) is 71.9 Å². The molecule has 0 saturated carbocycles. The third-order valence-corrected chi connectivity index (χ3v) is 6.54. The van der Waals surface area contributed by atoms with E-state index < -0.39 is 6.10 Å². The van der Waals surface area contributed by atoms with Crippen LogP contribution in [-0.2, 0) is 14.1 Å². The van der Waals surface area contributed by atoms with Crippen molar-refractivity contribution in [1.29, 1.82) is 0 Å². The number of nitrogens with zero attached hydrogens (tertiary/aromatic N) is 4. The van der Waals surface area contributed by atoms with Crippen LogP contribution in [0.4, 0.5) is 0 Å². The van der Waals surface area contributed by atoms with Crippen molar-refractivity contribution in [2.24, 2.45) is 14.1 Å². The minimum Gasteiger partial charge on any atom is -0.382 e. The van der Waals surface area contributed by atoms with Crippen molar-refractivity contribution in [1.82, 2.24) is 19.1 Å². The molecule has 1 atom stereocenters. The van der Waals surface area contributed by atoms with Gasteiger partial charge in [0.15, 0.2) is 0 Å². The zero-order valence-electron chi connectivity index (χ0n) is 18.4. The number of aliphatic hydroxyl groups is 1. The summed E-state index contributed by atoms with van der Waals surface area (Å²) in [5.74, 6) is 0. The Balaban J connectivity index is 0.000000376. The first kappa shape index (κ1) is 22.9. The minimum atomic E-state index is -0.873. The number of thiophene rings is 1. The molecule has 5 rings (SSSR count). The SMILES string of the molecule is Cc1csc(-c2cc(=O)n(C)c3ccc(C(O)c4ccc(Cl)cc4)nc23)c1.Cn1ccnc1. The van der Waals surface area contributed by atoms with E-state index in [1.807, 2.05) is 42.2 Å². The fourth-order valence-corrected chi connectivity index (χ4v) is 4.44. The van der Waals surface area contributed by atoms with Crippen molar-refractivity contribution in [2.75, 3.05) is 0 Å². The van der Waals surface area contributed by atoms with Crippen molar-refractivity contribution >= 4 is 34.0 Å². The molecule has 168 valence electrons. The predicted octanol–water partition coefficient (Wildman–Crippen LogP) is 5.13. The Morgan fingerprint density at radius 3 is 2.42 bits per heavy atom. The molecule has 0 aliphatic rings. The van der Waals surface area contributed by atoms with Gasteiger partial charge >= 0.3 is 0 Å². The average molecular weight is 479 g/mol. The van der Waals surface area contributed by atoms with E-state index in [1.165, 1.54) is 0 Å². The quantitative estimate of drug-likeness (QED) is 0.390. The van der Waals surface area contributed by atoms with Gasteiger partial charge in [0.05, 0.1) is 23.1 Å². The number of halogens is 1. The van der Waals surface area contributed by atoms with Gasteiger partial charge in [0.1, 0.15) is 6.10 Å². The minimum absolute atomic E-state index is 0.0867. The number of aliphatic hydroxyl groups excluding tert-OH is 1. The Bertz CT molecular complexity index is 1440. The smallest absolute Gasteiger partial charge is 0.251 e. The molecule has 0 saturated heterocycles. The number of hydrogen-bond donors (Lipinski definition) is 1. The first-order valence-electron chi connectivity index (χ1n) is 10.2. The molecule has 0 aliphatic heterocycles. The summed E-state index contributed by atoms with van der Waals surface area (Å²) >= 11 is 7.51. The summed E-state index contributed by atoms with van der Waals surface area (Å²) in [5.41, 5.74) is 4.51. The van der Waals surface area contributed by atoms with Crippen LogP contribution in [0.15, 0.2) is 77.4 Å². The van der Waals surface area contributed by atoms with Crippen LogP contribution < -0.4 is 5.56 Å². The third kappa shape index (κ3) is 5.06. The monoisotopic (exact) mass is 478 g/mol. The Morgan fingerprint density at radius 1 is 1.09 bits per heavy atom. The molecule has 0 fully saturated rings. The van der Waals surface area contributed by atoms with Gasteiger partial charge in [0.25, 0.3) is 5.56 Å². The third-order valence-electron chi connectivity index (χ3n) is 5.21. The second kappa shape index (κ2) is 9.70. The Labute approximate surface area is 200 Å². The Kier molecular flexibility index (Phi) is 6.74. The number of rotatable bonds is 3. The highest BCUT2D eigenvalue weighted by atomic mass is 35.5. The fraction of sp³-hybridized carbons (Fsp3) is 0.160. The molecule has 33 heavy (non-hydrogen) atoms. The van der Waals surface area contributed by atoms with Crippen molar-refractivity contribution in [2.45, 2.75) is 13.0 Å². The number of hydrogen-bond acceptors (Lipinski definition) is 5. The van der Waals surface area contributed by atoms with Gasteiger partial charge in [-0.2, -0.15) is 0 Å². The highest BCUT2D eigenvalue weighted by Gasteiger charge is 2.17. The molecule has 0 radical (unpaired) electrons. The van der Waals surface area contributed by atoms with Crippen molar-refractivity contribution in [3.63, 3.8) is 0 Å². The maximum atomic E-state index is 12.4. The number of benzene rings is 1. The molecule has 4 aromatic heterocycles. The largest absolute Gasteiger partial charge is 0.382 e. The molecule has 4 heterocycles. The maximum Gasteiger partial charge on any atom is 0.251 e. The maximum absolute atomic E-state index is 12.4. The lowest BCUT2D eigenvalue weighted by atomic mass is 10.0. The van der Waals surface area contributed by atoms with E-state index in [9.17, 15) is 9.90 Å². The first-order valence-corrected chi connectivity index (χ1v) is 11.5. The lowest BCUT2D eigenvalue weighted by Crippen LogP contribution is -2.17. The highest BCUT2D eigenvalue weighted by Crippen LogP contribution is 2.32. The van der Waals surface area contributed by atoms with E-state index in [-0.39, 0.29) is 5.56 Å². The number of aromatic nitrogens is 4. The molecular weight excluding hydrogens is 456 g/mol. The lowest BCUT2D eigenvalue weighted by Gasteiger charge is -2.14. The summed E-state index contributed by atoms with van der Waals surface area (Å²) in [6.45, 7) is 2.02. The van der Waals surface area contributed by atoms with Crippen molar-refractivity contribution in [3.05, 3.63) is 105 Å². The molecule has 1 aromatic carbocycles. The van der Waals surface area contributed by atoms with Gasteiger partial charge in [-0.25, -0.2) is 9.97 Å². The number of fused-ring (bicyclic) bond motifs is 1. The van der Waals surface area contributed by atoms with Gasteiger partial charge in [-0.05, 0) is 53.8 Å². The normalized spacial score (nSPS) is 11.8. The Hall–Kier alpha value is -3.26. The highest BCUT2D eigenvalue weighted by molar-refractivity contribution is 7.13. The molecule has 1 unspecified atom stereocenters. The van der Waals surface area contributed by atoms with Crippen molar-refractivity contribution in [3.8, 4) is 10.4 Å². The Morgan fingerprint density at radius 2 is 1.85 bits per heavy atom. The van der Waals surface area contributed by atoms with E-state index in [0.717, 1.165) is 21.5 Å². The second-order valence-electron chi connectivity index (χ2n) is 7.73. The van der Waals surface area contributed by atoms with Crippen molar-refractivity contribution < 1.29 is 5.11 Å². The number of aryl methyl sites for hydroxylation is 3. The second-order valence-corrected chi connectivity index (χ2v) is 9.08. The molecule has 8 heteroatoms. The van der Waals surface area contributed by atoms with Gasteiger partial charge < -0.3 is 14.2 Å². The molecule has 0 aliphatic carbocycles. The molecule has 0 spiro atoms. The van der Waals surface area contributed by atoms with Crippen LogP contribution in [0.5, 0.6) is 0 Å². The van der Waals surface area contributed by atoms with E-state index >= 15 is 0 Å². The topological polar surface area (TPSA) is 72.9 Å². The van der Waals surface area contributed by atoms with Crippen LogP contribution in [0.2, 0.25) is 5.02 Å². The van der Waals surface area contributed by atoms with Gasteiger partial charge in [-0.3, -0.25) is 4.79 Å². The molecule has 1 N–H and O–H groups in total. The summed E-state index contributed by atoms with van der Waals surface area (Å²) in [6.07, 6.45) is 4.52. The molecule has 0 amide bonds. The van der Waals surface area contributed by atoms with E-state index in [0.29, 0.717) is 21.8 Å². The lowest BCUT2D eigenvalue weighted by molar-refractivity contribution is 0.216. The van der Waals surface area contributed by atoms with Crippen LogP contribution in [0.25, 0.3) is 21.5 Å². The van der Waals surface area contributed by atoms with Gasteiger partial charge in [0.2, 0.25) is 0 Å². The first-order chi connectivity index (χ1) is 15.8. The van der Waals surface area contributed by atoms with Gasteiger partial charge in [0, 0.05) is 48.0 Å². The van der Waals surface area contributed by atoms with Crippen LogP contribution in [-0.4, -0.2) is 24.2 Å². The zero-order valence-corrected chi connectivity index (χ0v) is 20.0. The number of pyridine rings is 2. The van der Waals surface area contributed by atoms with Gasteiger partial charge in [-0.1, -0.05) is 23.7 Å². The summed E-state index contributed by atoms with van der Waals surface area (Å²) in [7, 11) is 3.66. The summed E-state index contributed by atoms with van der Waals surface area (Å²) in [4.78, 5) is 21.9. The van der Waals surface area contributed by atoms with E-state index in [4.69, 9.17) is 16.6 Å². The summed E-state index contributed by atoms with van der Waals surface area (Å²) < 4.78 is 3.46. The summed E-state index contributed by atoms with van der Waals surface area (Å²) in [5, 5.41) is 13.4. The number of imidazole rings is 1. The molecular formula is C25H23ClN4O2S. The standard InChI is InChI=1S/C21H17ClN2O2S.C4H6N2/c1-12-9-18(27-11-12)15-10-19(25)24(2)17-8-7-16(23-20(15)17)21(26)13-3-5-14(22)6-4-13;1-6-3-2-5-4-6/h3-11,21,26H,1-2H3;2-4H,1H3. The van der Waals surface area contributed by atoms with Crippen LogP contribution in [0.3, 0.4) is 0 Å². The fourth-order valence-electron chi connectivity index (χ4n) is 3.40. The predicted molar refractivity (Wildman–Crippen MR) is 134 cm³/mol. The molecule has 6 nitrogen and oxygen atoms in total. The molecule has 0 bridgehead atoms. The van der Waals surface area contributed by atoms with Crippen LogP contribution >= 0.6 is 22.9 Å². The molecule has 5 aromatic rings. The van der Waals surface area contributed by atoms with Crippen LogP contribution in [0, 0.1) is 6.92 Å². The van der Waals surface area contributed by atoms with E-state index in [2.05, 4.69) is 4.98 Å².